The summed E-state index contributed by atoms with van der Waals surface area (Å²) in [4.78, 5) is 37.4. The summed E-state index contributed by atoms with van der Waals surface area (Å²) in [7, 11) is 0. The average molecular weight is 583 g/mol. The third kappa shape index (κ3) is 5.98. The molecule has 0 saturated heterocycles. The van der Waals surface area contributed by atoms with Crippen LogP contribution in [0.5, 0.6) is 0 Å². The summed E-state index contributed by atoms with van der Waals surface area (Å²) in [6.45, 7) is 6.90. The third-order valence-electron chi connectivity index (χ3n) is 11.2. The highest BCUT2D eigenvalue weighted by atomic mass is 16.6. The Bertz CT molecular complexity index is 1420. The zero-order valence-electron chi connectivity index (χ0n) is 25.4. The highest BCUT2D eigenvalue weighted by Gasteiger charge is 2.59. The van der Waals surface area contributed by atoms with Crippen LogP contribution in [0, 0.1) is 57.2 Å². The number of ether oxygens (including phenoxy) is 1. The summed E-state index contributed by atoms with van der Waals surface area (Å²) in [6, 6.07) is 10.5. The molecule has 43 heavy (non-hydrogen) atoms. The molecule has 0 bridgehead atoms. The molecule has 0 radical (unpaired) electrons. The number of amides is 2. The summed E-state index contributed by atoms with van der Waals surface area (Å²) >= 11 is 0. The number of nitrogens with zero attached hydrogens (tertiary/aromatic N) is 2. The molecule has 1 aromatic rings. The molecule has 4 aliphatic carbocycles. The molecule has 2 amide bonds. The Balaban J connectivity index is 1.09. The van der Waals surface area contributed by atoms with Crippen LogP contribution in [0.4, 0.5) is 4.79 Å². The first kappa shape index (κ1) is 30.5. The number of nitrogens with one attached hydrogen (secondary N) is 2. The highest BCUT2D eigenvalue weighted by molar-refractivity contribution is 6.01. The van der Waals surface area contributed by atoms with Gasteiger partial charge in [-0.15, -0.1) is 0 Å². The van der Waals surface area contributed by atoms with E-state index in [2.05, 4.69) is 30.6 Å². The first-order valence-corrected chi connectivity index (χ1v) is 15.6. The van der Waals surface area contributed by atoms with Crippen LogP contribution in [-0.2, 0) is 14.3 Å². The zero-order valence-corrected chi connectivity index (χ0v) is 25.4. The molecule has 8 nitrogen and oxygen atoms in total. The maximum atomic E-state index is 12.6. The molecular weight excluding hydrogens is 540 g/mol. The molecule has 2 N–H and O–H groups in total. The van der Waals surface area contributed by atoms with Crippen molar-refractivity contribution in [2.75, 3.05) is 13.1 Å². The molecule has 0 spiro atoms. The van der Waals surface area contributed by atoms with E-state index in [0.717, 1.165) is 38.5 Å². The van der Waals surface area contributed by atoms with Crippen molar-refractivity contribution >= 4 is 23.9 Å². The molecule has 5 rings (SSSR count). The number of hydrogen-bond acceptors (Lipinski definition) is 6. The second-order valence-electron chi connectivity index (χ2n) is 13.4. The van der Waals surface area contributed by atoms with Gasteiger partial charge in [-0.1, -0.05) is 37.6 Å². The lowest BCUT2D eigenvalue weighted by atomic mass is 9.47. The molecule has 3 fully saturated rings. The molecule has 0 heterocycles. The second kappa shape index (κ2) is 12.4. The smallest absolute Gasteiger partial charge is 0.407 e. The van der Waals surface area contributed by atoms with Gasteiger partial charge in [0.25, 0.3) is 5.91 Å². The molecule has 226 valence electrons. The molecule has 3 saturated carbocycles. The normalized spacial score (nSPS) is 32.9. The number of benzene rings is 1. The molecule has 0 aliphatic heterocycles. The van der Waals surface area contributed by atoms with Gasteiger partial charge in [-0.3, -0.25) is 9.59 Å². The maximum absolute atomic E-state index is 12.6. The van der Waals surface area contributed by atoms with Gasteiger partial charge in [-0.2, -0.15) is 10.5 Å². The van der Waals surface area contributed by atoms with Crippen molar-refractivity contribution in [3.63, 3.8) is 0 Å². The monoisotopic (exact) mass is 582 g/mol. The Labute approximate surface area is 254 Å². The summed E-state index contributed by atoms with van der Waals surface area (Å²) in [5.74, 6) is 1.92. The topological polar surface area (TPSA) is 132 Å². The quantitative estimate of drug-likeness (QED) is 0.180. The van der Waals surface area contributed by atoms with Gasteiger partial charge >= 0.3 is 6.09 Å². The van der Waals surface area contributed by atoms with E-state index in [1.54, 1.807) is 31.2 Å². The Morgan fingerprint density at radius 1 is 1.00 bits per heavy atom. The van der Waals surface area contributed by atoms with Crippen LogP contribution in [-0.4, -0.2) is 37.0 Å². The van der Waals surface area contributed by atoms with Crippen molar-refractivity contribution in [1.29, 1.82) is 10.5 Å². The van der Waals surface area contributed by atoms with E-state index < -0.39 is 12.0 Å². The van der Waals surface area contributed by atoms with Gasteiger partial charge in [0.2, 0.25) is 0 Å². The average Bonchev–Trinajstić information content (AvgIpc) is 3.36. The molecule has 0 aromatic heterocycles. The van der Waals surface area contributed by atoms with E-state index in [1.807, 2.05) is 12.1 Å². The van der Waals surface area contributed by atoms with Gasteiger partial charge < -0.3 is 15.4 Å². The number of alkyl carbamates (subject to hydrolysis) is 1. The van der Waals surface area contributed by atoms with Crippen molar-refractivity contribution in [2.24, 2.45) is 34.5 Å². The van der Waals surface area contributed by atoms with Gasteiger partial charge in [0, 0.05) is 25.4 Å². The lowest BCUT2D eigenvalue weighted by Crippen LogP contribution is -2.51. The molecule has 4 aliphatic rings. The summed E-state index contributed by atoms with van der Waals surface area (Å²) < 4.78 is 5.79. The lowest BCUT2D eigenvalue weighted by Gasteiger charge is -2.58. The first-order chi connectivity index (χ1) is 20.6. The molecule has 0 unspecified atom stereocenters. The molecule has 1 aromatic carbocycles. The van der Waals surface area contributed by atoms with Crippen molar-refractivity contribution < 1.29 is 19.1 Å². The van der Waals surface area contributed by atoms with E-state index in [4.69, 9.17) is 10.00 Å². The van der Waals surface area contributed by atoms with Crippen LogP contribution in [0.3, 0.4) is 0 Å². The fraction of sp³-hybridized carbons (Fsp3) is 0.571. The summed E-state index contributed by atoms with van der Waals surface area (Å²) in [5.41, 5.74) is 2.77. The second-order valence-corrected chi connectivity index (χ2v) is 13.4. The summed E-state index contributed by atoms with van der Waals surface area (Å²) in [5, 5.41) is 23.7. The van der Waals surface area contributed by atoms with Gasteiger partial charge in [-0.25, -0.2) is 4.79 Å². The standard InChI is InChI=1S/C35H42N4O4/c1-22(40)29-10-11-30-28-9-8-26-19-27(12-14-34(26,2)31(28)13-15-35(29,30)3)43-33(42)39-17-16-38-32(41)25(21-37)18-23-4-6-24(20-36)7-5-23/h4-8,18,27-31H,9-17,19H2,1-3H3,(H,38,41)(H,39,42)/b25-18+/t27-,28-,29+,30-,31-,34-,35+/m0/s1. The number of hydrogen-bond donors (Lipinski definition) is 2. The number of fused-ring (bicyclic) bond motifs is 5. The number of rotatable bonds is 7. The van der Waals surface area contributed by atoms with Crippen LogP contribution >= 0.6 is 0 Å². The summed E-state index contributed by atoms with van der Waals surface area (Å²) in [6.07, 6.45) is 11.4. The fourth-order valence-corrected chi connectivity index (χ4v) is 8.99. The Morgan fingerprint density at radius 3 is 2.44 bits per heavy atom. The van der Waals surface area contributed by atoms with Crippen molar-refractivity contribution in [3.8, 4) is 12.1 Å². The van der Waals surface area contributed by atoms with Crippen LogP contribution in [0.15, 0.2) is 41.5 Å². The number of carbonyl (C=O) groups excluding carboxylic acids is 3. The minimum atomic E-state index is -0.534. The van der Waals surface area contributed by atoms with E-state index in [0.29, 0.717) is 34.7 Å². The number of Topliss-reactive ketones (excluding diaryl/α,β-unsaturated/α-hetero) is 1. The van der Waals surface area contributed by atoms with Crippen molar-refractivity contribution in [3.05, 3.63) is 52.6 Å². The van der Waals surface area contributed by atoms with Gasteiger partial charge in [0.15, 0.2) is 0 Å². The molecule has 7 atom stereocenters. The van der Waals surface area contributed by atoms with Crippen LogP contribution < -0.4 is 10.6 Å². The predicted octanol–water partition coefficient (Wildman–Crippen LogP) is 5.84. The van der Waals surface area contributed by atoms with Crippen molar-refractivity contribution in [2.45, 2.75) is 78.2 Å². The minimum absolute atomic E-state index is 0.0604. The Morgan fingerprint density at radius 2 is 1.74 bits per heavy atom. The van der Waals surface area contributed by atoms with Gasteiger partial charge in [0.05, 0.1) is 11.6 Å². The Kier molecular flexibility index (Phi) is 8.79. The van der Waals surface area contributed by atoms with E-state index in [-0.39, 0.29) is 41.5 Å². The zero-order chi connectivity index (χ0) is 30.8. The number of allylic oxidation sites excluding steroid dienone is 1. The van der Waals surface area contributed by atoms with Crippen LogP contribution in [0.25, 0.3) is 6.08 Å². The van der Waals surface area contributed by atoms with Crippen LogP contribution in [0.2, 0.25) is 0 Å². The largest absolute Gasteiger partial charge is 0.446 e. The maximum Gasteiger partial charge on any atom is 0.407 e. The van der Waals surface area contributed by atoms with E-state index in [9.17, 15) is 19.6 Å². The Hall–Kier alpha value is -3.91. The van der Waals surface area contributed by atoms with E-state index in [1.165, 1.54) is 24.5 Å². The SMILES string of the molecule is CC(=O)[C@H]1CC[C@H]2[C@@H]3CC=C4C[C@@H](OC(=O)NCCNC(=O)/C(C#N)=C/c5ccc(C#N)cc5)CC[C@]4(C)[C@H]3CC[C@]12C. The fourth-order valence-electron chi connectivity index (χ4n) is 8.99. The number of ketones is 1. The van der Waals surface area contributed by atoms with Gasteiger partial charge in [0.1, 0.15) is 23.5 Å². The third-order valence-corrected chi connectivity index (χ3v) is 11.2. The molecule has 8 heteroatoms. The first-order valence-electron chi connectivity index (χ1n) is 15.6. The lowest BCUT2D eigenvalue weighted by molar-refractivity contribution is -0.127. The minimum Gasteiger partial charge on any atom is -0.446 e. The van der Waals surface area contributed by atoms with Gasteiger partial charge in [-0.05, 0) is 104 Å². The highest BCUT2D eigenvalue weighted by Crippen LogP contribution is 2.66. The predicted molar refractivity (Wildman–Crippen MR) is 162 cm³/mol. The van der Waals surface area contributed by atoms with E-state index >= 15 is 0 Å². The molecular formula is C35H42N4O4. The van der Waals surface area contributed by atoms with Crippen LogP contribution in [0.1, 0.15) is 83.3 Å². The number of carbonyl (C=O) groups is 3. The number of nitriles is 2. The van der Waals surface area contributed by atoms with Crippen molar-refractivity contribution in [1.82, 2.24) is 10.6 Å².